The van der Waals surface area contributed by atoms with Crippen molar-refractivity contribution in [2.24, 2.45) is 0 Å². The van der Waals surface area contributed by atoms with Crippen LogP contribution in [0.3, 0.4) is 0 Å². The van der Waals surface area contributed by atoms with E-state index in [1.165, 1.54) is 10.4 Å². The molecule has 2 aromatic rings. The highest BCUT2D eigenvalue weighted by molar-refractivity contribution is 7.16. The lowest BCUT2D eigenvalue weighted by molar-refractivity contribution is 0.317. The van der Waals surface area contributed by atoms with Gasteiger partial charge in [0.25, 0.3) is 0 Å². The Hall–Kier alpha value is -1.59. The molecular formula is C17H23N3OS. The fourth-order valence-electron chi connectivity index (χ4n) is 2.57. The van der Waals surface area contributed by atoms with E-state index in [-0.39, 0.29) is 0 Å². The molecule has 2 heterocycles. The predicted octanol–water partition coefficient (Wildman–Crippen LogP) is 3.32. The van der Waals surface area contributed by atoms with E-state index < -0.39 is 0 Å². The average Bonchev–Trinajstić information content (AvgIpc) is 2.96. The van der Waals surface area contributed by atoms with Crippen LogP contribution in [-0.2, 0) is 0 Å². The number of nitrogens with one attached hydrogen (secondary N) is 1. The van der Waals surface area contributed by atoms with Crippen molar-refractivity contribution < 1.29 is 4.74 Å². The summed E-state index contributed by atoms with van der Waals surface area (Å²) in [5, 5.41) is 4.52. The van der Waals surface area contributed by atoms with Crippen molar-refractivity contribution >= 4 is 16.5 Å². The first-order valence-corrected chi connectivity index (χ1v) is 8.76. The van der Waals surface area contributed by atoms with Gasteiger partial charge in [-0.05, 0) is 37.6 Å². The van der Waals surface area contributed by atoms with E-state index in [0.29, 0.717) is 0 Å². The van der Waals surface area contributed by atoms with Gasteiger partial charge in [-0.2, -0.15) is 0 Å². The molecule has 22 heavy (non-hydrogen) atoms. The van der Waals surface area contributed by atoms with Crippen LogP contribution in [-0.4, -0.2) is 37.8 Å². The minimum atomic E-state index is 0.766. The van der Waals surface area contributed by atoms with Gasteiger partial charge in [0.05, 0.1) is 12.3 Å². The number of piperazine rings is 1. The Labute approximate surface area is 136 Å². The van der Waals surface area contributed by atoms with Crippen molar-refractivity contribution in [2.75, 3.05) is 37.7 Å². The molecule has 1 aromatic heterocycles. The van der Waals surface area contributed by atoms with E-state index in [1.807, 2.05) is 12.1 Å². The second-order valence-corrected chi connectivity index (χ2v) is 6.69. The molecule has 0 spiro atoms. The Morgan fingerprint density at radius 2 is 1.95 bits per heavy atom. The summed E-state index contributed by atoms with van der Waals surface area (Å²) < 4.78 is 5.64. The van der Waals surface area contributed by atoms with Crippen molar-refractivity contribution in [3.8, 4) is 17.0 Å². The number of benzene rings is 1. The summed E-state index contributed by atoms with van der Waals surface area (Å²) in [6.07, 6.45) is 1.03. The smallest absolute Gasteiger partial charge is 0.186 e. The van der Waals surface area contributed by atoms with Crippen molar-refractivity contribution in [3.05, 3.63) is 29.1 Å². The van der Waals surface area contributed by atoms with Crippen LogP contribution >= 0.6 is 11.3 Å². The van der Waals surface area contributed by atoms with Crippen molar-refractivity contribution in [1.82, 2.24) is 10.3 Å². The third-order valence-electron chi connectivity index (χ3n) is 3.77. The number of ether oxygens (including phenoxy) is 1. The molecule has 0 saturated carbocycles. The number of anilines is 1. The molecule has 0 amide bonds. The highest BCUT2D eigenvalue weighted by atomic mass is 32.1. The number of hydrogen-bond donors (Lipinski definition) is 1. The molecular weight excluding hydrogens is 294 g/mol. The van der Waals surface area contributed by atoms with Gasteiger partial charge in [0, 0.05) is 36.6 Å². The van der Waals surface area contributed by atoms with E-state index in [0.717, 1.165) is 55.8 Å². The lowest BCUT2D eigenvalue weighted by Gasteiger charge is -2.26. The van der Waals surface area contributed by atoms with Crippen LogP contribution in [0.2, 0.25) is 0 Å². The number of aryl methyl sites for hydroxylation is 1. The van der Waals surface area contributed by atoms with Gasteiger partial charge in [0.2, 0.25) is 0 Å². The molecule has 1 aromatic carbocycles. The van der Waals surface area contributed by atoms with Gasteiger partial charge < -0.3 is 15.0 Å². The highest BCUT2D eigenvalue weighted by Gasteiger charge is 2.17. The fraction of sp³-hybridized carbons (Fsp3) is 0.471. The lowest BCUT2D eigenvalue weighted by atomic mass is 10.1. The maximum absolute atomic E-state index is 5.64. The zero-order valence-electron chi connectivity index (χ0n) is 13.3. The van der Waals surface area contributed by atoms with Gasteiger partial charge in [0.1, 0.15) is 5.75 Å². The topological polar surface area (TPSA) is 37.4 Å². The Morgan fingerprint density at radius 3 is 2.64 bits per heavy atom. The van der Waals surface area contributed by atoms with Gasteiger partial charge in [0.15, 0.2) is 5.13 Å². The molecule has 1 aliphatic heterocycles. The maximum Gasteiger partial charge on any atom is 0.186 e. The molecule has 4 nitrogen and oxygen atoms in total. The van der Waals surface area contributed by atoms with Crippen LogP contribution in [0, 0.1) is 6.92 Å². The van der Waals surface area contributed by atoms with Crippen LogP contribution < -0.4 is 15.0 Å². The average molecular weight is 317 g/mol. The van der Waals surface area contributed by atoms with Crippen LogP contribution in [0.1, 0.15) is 18.2 Å². The summed E-state index contributed by atoms with van der Waals surface area (Å²) in [4.78, 5) is 8.52. The van der Waals surface area contributed by atoms with E-state index in [4.69, 9.17) is 9.72 Å². The van der Waals surface area contributed by atoms with Gasteiger partial charge in [-0.25, -0.2) is 4.98 Å². The second-order valence-electron chi connectivity index (χ2n) is 5.51. The first-order valence-electron chi connectivity index (χ1n) is 7.94. The third kappa shape index (κ3) is 3.42. The molecule has 0 aliphatic carbocycles. The Morgan fingerprint density at radius 1 is 1.23 bits per heavy atom. The van der Waals surface area contributed by atoms with Gasteiger partial charge in [-0.3, -0.25) is 0 Å². The lowest BCUT2D eigenvalue weighted by Crippen LogP contribution is -2.43. The molecule has 0 unspecified atom stereocenters. The minimum absolute atomic E-state index is 0.766. The molecule has 5 heteroatoms. The van der Waals surface area contributed by atoms with Gasteiger partial charge in [-0.1, -0.05) is 6.92 Å². The molecule has 0 atom stereocenters. The Balaban J connectivity index is 1.77. The van der Waals surface area contributed by atoms with E-state index in [2.05, 4.69) is 36.2 Å². The summed E-state index contributed by atoms with van der Waals surface area (Å²) >= 11 is 1.79. The predicted molar refractivity (Wildman–Crippen MR) is 93.2 cm³/mol. The van der Waals surface area contributed by atoms with Crippen molar-refractivity contribution in [1.29, 1.82) is 0 Å². The fourth-order valence-corrected chi connectivity index (χ4v) is 3.55. The Kier molecular flexibility index (Phi) is 4.95. The Bertz CT molecular complexity index is 603. The number of nitrogens with zero attached hydrogens (tertiary/aromatic N) is 2. The molecule has 1 fully saturated rings. The zero-order valence-corrected chi connectivity index (χ0v) is 14.1. The summed E-state index contributed by atoms with van der Waals surface area (Å²) in [7, 11) is 0. The van der Waals surface area contributed by atoms with E-state index in [9.17, 15) is 0 Å². The number of aromatic nitrogens is 1. The summed E-state index contributed by atoms with van der Waals surface area (Å²) in [6.45, 7) is 9.19. The zero-order chi connectivity index (χ0) is 15.4. The number of rotatable bonds is 5. The normalized spacial score (nSPS) is 15.1. The van der Waals surface area contributed by atoms with Gasteiger partial charge in [-0.15, -0.1) is 11.3 Å². The second kappa shape index (κ2) is 7.11. The van der Waals surface area contributed by atoms with Crippen molar-refractivity contribution in [3.63, 3.8) is 0 Å². The minimum Gasteiger partial charge on any atom is -0.494 e. The van der Waals surface area contributed by atoms with Crippen LogP contribution in [0.4, 0.5) is 5.13 Å². The molecule has 0 radical (unpaired) electrons. The highest BCUT2D eigenvalue weighted by Crippen LogP contribution is 2.33. The maximum atomic E-state index is 5.64. The van der Waals surface area contributed by atoms with Gasteiger partial charge >= 0.3 is 0 Å². The molecule has 0 bridgehead atoms. The first kappa shape index (κ1) is 15.3. The van der Waals surface area contributed by atoms with E-state index >= 15 is 0 Å². The largest absolute Gasteiger partial charge is 0.494 e. The van der Waals surface area contributed by atoms with Crippen molar-refractivity contribution in [2.45, 2.75) is 20.3 Å². The van der Waals surface area contributed by atoms with Crippen LogP contribution in [0.25, 0.3) is 11.3 Å². The molecule has 1 saturated heterocycles. The van der Waals surface area contributed by atoms with Crippen LogP contribution in [0.5, 0.6) is 5.75 Å². The standard InChI is InChI=1S/C17H23N3OS/c1-3-12-21-15-6-4-14(5-7-15)16-13(2)22-17(19-16)20-10-8-18-9-11-20/h4-7,18H,3,8-12H2,1-2H3. The third-order valence-corrected chi connectivity index (χ3v) is 4.81. The number of hydrogen-bond acceptors (Lipinski definition) is 5. The summed E-state index contributed by atoms with van der Waals surface area (Å²) in [6, 6.07) is 8.28. The summed E-state index contributed by atoms with van der Waals surface area (Å²) in [5.74, 6) is 0.931. The van der Waals surface area contributed by atoms with Crippen LogP contribution in [0.15, 0.2) is 24.3 Å². The number of thiazole rings is 1. The summed E-state index contributed by atoms with van der Waals surface area (Å²) in [5.41, 5.74) is 2.26. The monoisotopic (exact) mass is 317 g/mol. The van der Waals surface area contributed by atoms with E-state index in [1.54, 1.807) is 11.3 Å². The molecule has 1 aliphatic rings. The molecule has 118 valence electrons. The SMILES string of the molecule is CCCOc1ccc(-c2nc(N3CCNCC3)sc2C)cc1. The first-order chi connectivity index (χ1) is 10.8. The molecule has 3 rings (SSSR count). The quantitative estimate of drug-likeness (QED) is 0.918. The molecule has 1 N–H and O–H groups in total.